The Morgan fingerprint density at radius 3 is 1.16 bits per heavy atom. The van der Waals surface area contributed by atoms with E-state index in [1.165, 1.54) is 218 Å². The van der Waals surface area contributed by atoms with E-state index in [-0.39, 0.29) is 49.1 Å². The molecule has 1 aliphatic rings. The number of hydrogen-bond acceptors (Lipinski definition) is 20. The molecule has 0 radical (unpaired) electrons. The molecule has 22 heteroatoms. The van der Waals surface area contributed by atoms with Crippen molar-refractivity contribution in [1.29, 1.82) is 0 Å². The molecular formula is C108H163NO21. The van der Waals surface area contributed by atoms with E-state index in [0.29, 0.717) is 37.5 Å². The van der Waals surface area contributed by atoms with Crippen LogP contribution in [0.1, 0.15) is 363 Å². The summed E-state index contributed by atoms with van der Waals surface area (Å²) < 4.78 is 49.0. The number of aryl methyl sites for hydroxylation is 3. The lowest BCUT2D eigenvalue weighted by Crippen LogP contribution is -2.46. The van der Waals surface area contributed by atoms with Crippen molar-refractivity contribution in [3.63, 3.8) is 0 Å². The molecule has 6 aromatic carbocycles. The van der Waals surface area contributed by atoms with Gasteiger partial charge in [0, 0.05) is 13.0 Å². The van der Waals surface area contributed by atoms with Crippen LogP contribution in [0.4, 0.5) is 4.79 Å². The first-order valence-corrected chi connectivity index (χ1v) is 48.3. The number of phenols is 3. The third kappa shape index (κ3) is 43.5. The van der Waals surface area contributed by atoms with Crippen molar-refractivity contribution in [3.05, 3.63) is 164 Å². The minimum absolute atomic E-state index is 0.0194. The summed E-state index contributed by atoms with van der Waals surface area (Å²) in [5.41, 5.74) is 13.4. The van der Waals surface area contributed by atoms with Crippen molar-refractivity contribution >= 4 is 41.9 Å². The summed E-state index contributed by atoms with van der Waals surface area (Å²) in [4.78, 5) is 85.8. The number of nitrogens with zero attached hydrogens (tertiary/aromatic N) is 1. The number of carboxylic acids is 1. The number of benzene rings is 6. The number of fused-ring (bicyclic) bond motifs is 3. The molecule has 7 rings (SSSR count). The van der Waals surface area contributed by atoms with E-state index in [1.807, 2.05) is 117 Å². The summed E-state index contributed by atoms with van der Waals surface area (Å²) >= 11 is 0. The second kappa shape index (κ2) is 65.7. The van der Waals surface area contributed by atoms with Gasteiger partial charge in [-0.2, -0.15) is 0 Å². The second-order valence-electron chi connectivity index (χ2n) is 35.5. The van der Waals surface area contributed by atoms with Crippen LogP contribution in [0, 0.1) is 59.3 Å². The van der Waals surface area contributed by atoms with Gasteiger partial charge in [-0.1, -0.05) is 289 Å². The Balaban J connectivity index is 0.000000474. The fraction of sp³-hybridized carbons (Fsp3) is 0.602. The second-order valence-corrected chi connectivity index (χ2v) is 35.5. The van der Waals surface area contributed by atoms with Crippen molar-refractivity contribution in [2.24, 2.45) is 17.8 Å². The van der Waals surface area contributed by atoms with E-state index < -0.39 is 71.4 Å². The maximum atomic E-state index is 13.5. The quantitative estimate of drug-likeness (QED) is 0.0103. The van der Waals surface area contributed by atoms with E-state index in [2.05, 4.69) is 63.6 Å². The molecular weight excluding hydrogens is 1650 g/mol. The van der Waals surface area contributed by atoms with Crippen molar-refractivity contribution in [2.75, 3.05) is 47.7 Å². The zero-order valence-corrected chi connectivity index (χ0v) is 82.6. The summed E-state index contributed by atoms with van der Waals surface area (Å²) in [7, 11) is 4.11. The molecule has 0 saturated heterocycles. The molecule has 1 aliphatic carbocycles. The van der Waals surface area contributed by atoms with E-state index in [9.17, 15) is 38.7 Å². The minimum Gasteiger partial charge on any atom is -0.504 e. The standard InChI is InChI=1S/C46H63NO7.C22H36O3.C21H36O2.C11H20O4.C8H8O5/c1-8-9-10-11-12-13-14-15-16-21-26-51-43-29-36(28-33(4)34(43)5)30-52-44(48)35(6)54-45(49)42(27-32(2)3)47(7)46(50)53-31-41-39-24-19-17-22-37(39)38-23-18-20-25-40(38)41;1-5-6-7-8-9-10-11-12-13-14-15-25-21-17-20(22(23)24-4)16-18(2)19(21)3;1-4-5-6-7-8-9-10-11-12-13-14-23-21-16-20(17-22)15-18(2)19(21)3;1-5-9(6-7(2)3)11(14)15-8(4)10(12)13;1-13-8(12)4-2-5(9)7(11)6(10)3-4/h17-20,22-25,28-29,32,35,41-42H,8-16,21,26-27,30-31H2,1-7H3;16-17H,5-15H2,1-4H3;15-16,22H,4-14,17H2,1-3H3;7-9H,5-6H2,1-4H3,(H,12,13);2-3,9-11H,1H3/t35-,42+;;;8-,9+;/m1..1./s1. The minimum atomic E-state index is -1.17. The van der Waals surface area contributed by atoms with Gasteiger partial charge in [0.25, 0.3) is 0 Å². The Hall–Kier alpha value is -9.83. The number of aliphatic hydroxyl groups excluding tert-OH is 1. The van der Waals surface area contributed by atoms with Crippen molar-refractivity contribution in [2.45, 2.75) is 360 Å². The average molecular weight is 1810 g/mol. The fourth-order valence-corrected chi connectivity index (χ4v) is 15.2. The van der Waals surface area contributed by atoms with Gasteiger partial charge in [-0.25, -0.2) is 28.8 Å². The first-order chi connectivity index (χ1) is 62.2. The van der Waals surface area contributed by atoms with Crippen molar-refractivity contribution in [1.82, 2.24) is 4.90 Å². The van der Waals surface area contributed by atoms with Crippen molar-refractivity contribution in [3.8, 4) is 45.6 Å². The zero-order valence-electron chi connectivity index (χ0n) is 82.6. The topological polar surface area (TPSA) is 307 Å². The third-order valence-corrected chi connectivity index (χ3v) is 23.6. The van der Waals surface area contributed by atoms with Crippen LogP contribution in [-0.4, -0.2) is 138 Å². The molecule has 726 valence electrons. The highest BCUT2D eigenvalue weighted by atomic mass is 16.6. The summed E-state index contributed by atoms with van der Waals surface area (Å²) in [5.74, 6) is -2.96. The number of rotatable bonds is 55. The number of aromatic hydroxyl groups is 3. The van der Waals surface area contributed by atoms with Gasteiger partial charge in [0.05, 0.1) is 57.7 Å². The number of carbonyl (C=O) groups is 7. The number of carboxylic acid groups (broad SMARTS) is 1. The molecule has 4 atom stereocenters. The molecule has 1 amide bonds. The maximum Gasteiger partial charge on any atom is 0.410 e. The monoisotopic (exact) mass is 1810 g/mol. The molecule has 0 heterocycles. The van der Waals surface area contributed by atoms with Gasteiger partial charge in [-0.15, -0.1) is 0 Å². The van der Waals surface area contributed by atoms with Gasteiger partial charge in [0.1, 0.15) is 36.5 Å². The Morgan fingerprint density at radius 1 is 0.415 bits per heavy atom. The summed E-state index contributed by atoms with van der Waals surface area (Å²) in [6, 6.07) is 28.9. The number of aliphatic carboxylic acids is 1. The van der Waals surface area contributed by atoms with Crippen molar-refractivity contribution < 1.29 is 102 Å². The lowest BCUT2D eigenvalue weighted by atomic mass is 9.95. The molecule has 0 fully saturated rings. The molecule has 0 bridgehead atoms. The SMILES string of the molecule is CCCCCCCCCCCCOc1cc(C(=O)OC)cc(C)c1C.CCCCCCCCCCCCOc1cc(CO)cc(C)c1C.CCCCCCCCCCCCOc1cc(COC(=O)[C@@H](C)OC(=O)[C@H](CC(C)C)N(C)C(=O)OCC2c3ccccc3-c3ccccc32)cc(C)c1C.CC[C@@H](CC(C)C)C(=O)O[C@H](C)C(=O)O.COC(=O)c1cc(O)c(O)c(O)c1. The lowest BCUT2D eigenvalue weighted by molar-refractivity contribution is -0.170. The predicted octanol–water partition coefficient (Wildman–Crippen LogP) is 26.0. The van der Waals surface area contributed by atoms with Crippen LogP contribution in [0.25, 0.3) is 11.1 Å². The molecule has 0 unspecified atom stereocenters. The first-order valence-electron chi connectivity index (χ1n) is 48.3. The molecule has 5 N–H and O–H groups in total. The van der Waals surface area contributed by atoms with Gasteiger partial charge in [0.2, 0.25) is 0 Å². The van der Waals surface area contributed by atoms with E-state index in [0.717, 1.165) is 124 Å². The Bertz CT molecular complexity index is 4210. The van der Waals surface area contributed by atoms with E-state index in [1.54, 1.807) is 6.07 Å². The Kier molecular flexibility index (Phi) is 57.8. The number of phenolic OH excluding ortho intramolecular Hbond substituents is 3. The zero-order chi connectivity index (χ0) is 96.5. The van der Waals surface area contributed by atoms with E-state index >= 15 is 0 Å². The van der Waals surface area contributed by atoms with Crippen LogP contribution >= 0.6 is 0 Å². The third-order valence-electron chi connectivity index (χ3n) is 23.6. The Labute approximate surface area is 779 Å². The molecule has 0 spiro atoms. The van der Waals surface area contributed by atoms with Gasteiger partial charge < -0.3 is 68.2 Å². The van der Waals surface area contributed by atoms with Gasteiger partial charge in [-0.05, 0) is 209 Å². The number of carbonyl (C=O) groups excluding carboxylic acids is 6. The summed E-state index contributed by atoms with van der Waals surface area (Å²) in [6.45, 7) is 34.1. The number of aliphatic hydroxyl groups is 1. The molecule has 6 aromatic rings. The maximum absolute atomic E-state index is 13.5. The van der Waals surface area contributed by atoms with Gasteiger partial charge in [0.15, 0.2) is 29.5 Å². The predicted molar refractivity (Wildman–Crippen MR) is 518 cm³/mol. The Morgan fingerprint density at radius 2 is 0.777 bits per heavy atom. The van der Waals surface area contributed by atoms with Crippen LogP contribution in [0.3, 0.4) is 0 Å². The van der Waals surface area contributed by atoms with Crippen LogP contribution < -0.4 is 14.2 Å². The first kappa shape index (κ1) is 114. The lowest BCUT2D eigenvalue weighted by Gasteiger charge is -2.28. The van der Waals surface area contributed by atoms with Crippen LogP contribution in [-0.2, 0) is 60.8 Å². The van der Waals surface area contributed by atoms with Gasteiger partial charge in [-0.3, -0.25) is 9.69 Å². The number of ether oxygens (including phenoxy) is 9. The molecule has 0 aliphatic heterocycles. The largest absolute Gasteiger partial charge is 0.504 e. The number of hydrogen-bond donors (Lipinski definition) is 5. The average Bonchev–Trinajstić information content (AvgIpc) is 1.61. The number of likely N-dealkylation sites (N-methyl/N-ethyl adjacent to an activating group) is 1. The van der Waals surface area contributed by atoms with Crippen LogP contribution in [0.2, 0.25) is 0 Å². The molecule has 0 aromatic heterocycles. The summed E-state index contributed by atoms with van der Waals surface area (Å²) in [5, 5.41) is 44.8. The molecule has 22 nitrogen and oxygen atoms in total. The molecule has 0 saturated carbocycles. The van der Waals surface area contributed by atoms with Crippen LogP contribution in [0.5, 0.6) is 34.5 Å². The number of unbranched alkanes of at least 4 members (excludes halogenated alkanes) is 27. The highest BCUT2D eigenvalue weighted by molar-refractivity contribution is 5.91. The van der Waals surface area contributed by atoms with Crippen LogP contribution in [0.15, 0.2) is 97.1 Å². The highest BCUT2D eigenvalue weighted by Crippen LogP contribution is 2.45. The highest BCUT2D eigenvalue weighted by Gasteiger charge is 2.35. The number of amides is 1. The fourth-order valence-electron chi connectivity index (χ4n) is 15.2. The molecule has 130 heavy (non-hydrogen) atoms. The normalized spacial score (nSPS) is 12.1. The number of esters is 5. The smallest absolute Gasteiger partial charge is 0.410 e. The number of methoxy groups -OCH3 is 2. The summed E-state index contributed by atoms with van der Waals surface area (Å²) in [6.07, 6.45) is 38.2. The van der Waals surface area contributed by atoms with E-state index in [4.69, 9.17) is 58.3 Å². The van der Waals surface area contributed by atoms with Gasteiger partial charge >= 0.3 is 41.9 Å².